The van der Waals surface area contributed by atoms with Crippen LogP contribution in [-0.2, 0) is 15.7 Å². The van der Waals surface area contributed by atoms with Gasteiger partial charge in [0.1, 0.15) is 10.7 Å². The molecule has 0 aliphatic rings. The van der Waals surface area contributed by atoms with Crippen molar-refractivity contribution in [2.45, 2.75) is 43.8 Å². The number of anilines is 1. The molecule has 0 fully saturated rings. The second-order valence-corrected chi connectivity index (χ2v) is 10.1. The van der Waals surface area contributed by atoms with Gasteiger partial charge in [-0.3, -0.25) is 9.59 Å². The number of aromatic nitrogens is 2. The summed E-state index contributed by atoms with van der Waals surface area (Å²) in [4.78, 5) is 45.2. The number of amides is 2. The molecule has 2 heterocycles. The first-order chi connectivity index (χ1) is 17.4. The minimum absolute atomic E-state index is 0.000479. The van der Waals surface area contributed by atoms with E-state index in [0.29, 0.717) is 12.0 Å². The first-order valence-electron chi connectivity index (χ1n) is 11.0. The highest BCUT2D eigenvalue weighted by atomic mass is 32.2. The summed E-state index contributed by atoms with van der Waals surface area (Å²) < 4.78 is 45.7. The van der Waals surface area contributed by atoms with Crippen molar-refractivity contribution in [1.29, 1.82) is 0 Å². The molecule has 0 saturated carbocycles. The average Bonchev–Trinajstić information content (AvgIpc) is 3.18. The summed E-state index contributed by atoms with van der Waals surface area (Å²) in [5.41, 5.74) is 5.03. The normalized spacial score (nSPS) is 12.2. The van der Waals surface area contributed by atoms with E-state index in [4.69, 9.17) is 10.5 Å². The number of thiophene rings is 1. The molecule has 1 aromatic carbocycles. The molecule has 13 heteroatoms. The maximum absolute atomic E-state index is 13.5. The number of nitrogens with zero attached hydrogens (tertiary/aromatic N) is 2. The number of hydrogen-bond donors (Lipinski definition) is 2. The van der Waals surface area contributed by atoms with Crippen molar-refractivity contribution in [2.75, 3.05) is 11.9 Å². The molecular weight excluding hydrogens is 529 g/mol. The third-order valence-electron chi connectivity index (χ3n) is 4.97. The first-order valence-corrected chi connectivity index (χ1v) is 12.7. The van der Waals surface area contributed by atoms with Gasteiger partial charge in [0.15, 0.2) is 5.16 Å². The standard InChI is InChI=1S/C24H23F3N4O4S2/c1-4-10-35-22(34)17-12(2)18(19(28)32)37-21(17)31-20(33)13(3)36-23-29-15(14-8-6-5-7-9-14)11-16(30-23)24(25,26)27/h5-9,11,13H,4,10H2,1-3H3,(H2,28,32)(H,31,33)/t13-/m1/s1. The number of alkyl halides is 3. The van der Waals surface area contributed by atoms with Crippen molar-refractivity contribution in [3.05, 3.63) is 58.1 Å². The Morgan fingerprint density at radius 3 is 2.46 bits per heavy atom. The number of halogens is 3. The van der Waals surface area contributed by atoms with Crippen LogP contribution in [0.25, 0.3) is 11.3 Å². The quantitative estimate of drug-likeness (QED) is 0.209. The number of primary amides is 1. The van der Waals surface area contributed by atoms with Gasteiger partial charge in [-0.25, -0.2) is 14.8 Å². The summed E-state index contributed by atoms with van der Waals surface area (Å²) in [6.07, 6.45) is -4.16. The van der Waals surface area contributed by atoms with Gasteiger partial charge in [-0.2, -0.15) is 13.2 Å². The molecule has 3 N–H and O–H groups in total. The topological polar surface area (TPSA) is 124 Å². The minimum Gasteiger partial charge on any atom is -0.462 e. The highest BCUT2D eigenvalue weighted by Crippen LogP contribution is 2.35. The molecule has 196 valence electrons. The van der Waals surface area contributed by atoms with E-state index < -0.39 is 34.9 Å². The van der Waals surface area contributed by atoms with Crippen LogP contribution in [0.2, 0.25) is 0 Å². The van der Waals surface area contributed by atoms with Crippen molar-refractivity contribution < 1.29 is 32.3 Å². The van der Waals surface area contributed by atoms with E-state index in [1.165, 1.54) is 13.8 Å². The van der Waals surface area contributed by atoms with Gasteiger partial charge >= 0.3 is 12.1 Å². The number of ether oxygens (including phenoxy) is 1. The number of nitrogens with two attached hydrogens (primary N) is 1. The number of hydrogen-bond acceptors (Lipinski definition) is 8. The Kier molecular flexibility index (Phi) is 8.92. The summed E-state index contributed by atoms with van der Waals surface area (Å²) in [5.74, 6) is -2.15. The molecule has 3 rings (SSSR count). The lowest BCUT2D eigenvalue weighted by Crippen LogP contribution is -2.24. The SMILES string of the molecule is CCCOC(=O)c1c(NC(=O)[C@@H](C)Sc2nc(-c3ccccc3)cc(C(F)(F)F)n2)sc(C(N)=O)c1C. The predicted molar refractivity (Wildman–Crippen MR) is 135 cm³/mol. The van der Waals surface area contributed by atoms with Crippen LogP contribution < -0.4 is 11.1 Å². The first kappa shape index (κ1) is 28.1. The Labute approximate surface area is 218 Å². The van der Waals surface area contributed by atoms with Gasteiger partial charge in [0, 0.05) is 5.56 Å². The lowest BCUT2D eigenvalue weighted by atomic mass is 10.1. The number of carbonyl (C=O) groups is 3. The molecule has 2 amide bonds. The second kappa shape index (κ2) is 11.7. The highest BCUT2D eigenvalue weighted by Gasteiger charge is 2.34. The highest BCUT2D eigenvalue weighted by molar-refractivity contribution is 8.00. The lowest BCUT2D eigenvalue weighted by Gasteiger charge is -2.14. The van der Waals surface area contributed by atoms with E-state index in [1.54, 1.807) is 30.3 Å². The summed E-state index contributed by atoms with van der Waals surface area (Å²) >= 11 is 1.54. The van der Waals surface area contributed by atoms with E-state index in [0.717, 1.165) is 29.2 Å². The van der Waals surface area contributed by atoms with E-state index >= 15 is 0 Å². The molecule has 0 radical (unpaired) electrons. The summed E-state index contributed by atoms with van der Waals surface area (Å²) in [5, 5.41) is 1.41. The van der Waals surface area contributed by atoms with Gasteiger partial charge in [0.2, 0.25) is 5.91 Å². The molecule has 1 atom stereocenters. The van der Waals surface area contributed by atoms with E-state index in [9.17, 15) is 27.6 Å². The Morgan fingerprint density at radius 2 is 1.86 bits per heavy atom. The van der Waals surface area contributed by atoms with E-state index in [-0.39, 0.29) is 38.5 Å². The minimum atomic E-state index is -4.72. The van der Waals surface area contributed by atoms with Gasteiger partial charge in [0.05, 0.1) is 28.0 Å². The van der Waals surface area contributed by atoms with Gasteiger partial charge in [-0.05, 0) is 31.9 Å². The fourth-order valence-electron chi connectivity index (χ4n) is 3.15. The van der Waals surface area contributed by atoms with Gasteiger partial charge in [0.25, 0.3) is 5.91 Å². The zero-order valence-electron chi connectivity index (χ0n) is 20.0. The van der Waals surface area contributed by atoms with Crippen LogP contribution in [0.15, 0.2) is 41.6 Å². The molecule has 2 aromatic heterocycles. The number of esters is 1. The molecule has 0 aliphatic carbocycles. The van der Waals surface area contributed by atoms with Crippen LogP contribution in [0, 0.1) is 6.92 Å². The Balaban J connectivity index is 1.88. The fraction of sp³-hybridized carbons (Fsp3) is 0.292. The van der Waals surface area contributed by atoms with Gasteiger partial charge in [-0.1, -0.05) is 49.0 Å². The zero-order valence-corrected chi connectivity index (χ0v) is 21.6. The third kappa shape index (κ3) is 6.86. The largest absolute Gasteiger partial charge is 0.462 e. The van der Waals surface area contributed by atoms with Crippen LogP contribution in [0.5, 0.6) is 0 Å². The molecule has 0 saturated heterocycles. The van der Waals surface area contributed by atoms with Crippen LogP contribution >= 0.6 is 23.1 Å². The van der Waals surface area contributed by atoms with E-state index in [2.05, 4.69) is 15.3 Å². The van der Waals surface area contributed by atoms with Crippen molar-refractivity contribution in [3.8, 4) is 11.3 Å². The second-order valence-electron chi connectivity index (χ2n) is 7.79. The summed E-state index contributed by atoms with van der Waals surface area (Å²) in [6.45, 7) is 4.91. The van der Waals surface area contributed by atoms with Crippen molar-refractivity contribution >= 4 is 45.9 Å². The number of nitrogens with one attached hydrogen (secondary N) is 1. The van der Waals surface area contributed by atoms with Crippen LogP contribution in [0.4, 0.5) is 18.2 Å². The Bertz CT molecular complexity index is 1310. The molecule has 0 spiro atoms. The maximum Gasteiger partial charge on any atom is 0.433 e. The molecule has 0 bridgehead atoms. The number of benzene rings is 1. The zero-order chi connectivity index (χ0) is 27.3. The lowest BCUT2D eigenvalue weighted by molar-refractivity contribution is -0.141. The summed E-state index contributed by atoms with van der Waals surface area (Å²) in [6, 6.07) is 9.13. The smallest absolute Gasteiger partial charge is 0.433 e. The van der Waals surface area contributed by atoms with Crippen LogP contribution in [-0.4, -0.2) is 39.6 Å². The predicted octanol–water partition coefficient (Wildman–Crippen LogP) is 5.32. The van der Waals surface area contributed by atoms with Gasteiger partial charge in [-0.15, -0.1) is 11.3 Å². The average molecular weight is 553 g/mol. The number of rotatable bonds is 9. The van der Waals surface area contributed by atoms with E-state index in [1.807, 2.05) is 6.92 Å². The molecule has 0 unspecified atom stereocenters. The van der Waals surface area contributed by atoms with Crippen molar-refractivity contribution in [2.24, 2.45) is 5.73 Å². The summed E-state index contributed by atoms with van der Waals surface area (Å²) in [7, 11) is 0. The molecule has 8 nitrogen and oxygen atoms in total. The van der Waals surface area contributed by atoms with Crippen LogP contribution in [0.1, 0.15) is 51.6 Å². The number of carbonyl (C=O) groups excluding carboxylic acids is 3. The van der Waals surface area contributed by atoms with Crippen molar-refractivity contribution in [1.82, 2.24) is 9.97 Å². The Morgan fingerprint density at radius 1 is 1.19 bits per heavy atom. The monoisotopic (exact) mass is 552 g/mol. The molecule has 37 heavy (non-hydrogen) atoms. The maximum atomic E-state index is 13.5. The molecular formula is C24H23F3N4O4S2. The number of thioether (sulfide) groups is 1. The van der Waals surface area contributed by atoms with Crippen molar-refractivity contribution in [3.63, 3.8) is 0 Å². The van der Waals surface area contributed by atoms with Crippen LogP contribution in [0.3, 0.4) is 0 Å². The Hall–Kier alpha value is -3.45. The fourth-order valence-corrected chi connectivity index (χ4v) is 4.99. The van der Waals surface area contributed by atoms with Gasteiger partial charge < -0.3 is 15.8 Å². The molecule has 3 aromatic rings. The third-order valence-corrected chi connectivity index (χ3v) is 7.15. The molecule has 0 aliphatic heterocycles.